The molecule has 0 unspecified atom stereocenters. The number of ether oxygens (including phenoxy) is 1. The zero-order valence-electron chi connectivity index (χ0n) is 8.26. The maximum absolute atomic E-state index is 10.3. The van der Waals surface area contributed by atoms with Crippen LogP contribution >= 0.6 is 0 Å². The molecule has 0 heterocycles. The van der Waals surface area contributed by atoms with E-state index >= 15 is 0 Å². The van der Waals surface area contributed by atoms with Gasteiger partial charge in [-0.05, 0) is 0 Å². The molecule has 0 radical (unpaired) electrons. The van der Waals surface area contributed by atoms with E-state index < -0.39 is 0 Å². The lowest BCUT2D eigenvalue weighted by Gasteiger charge is -2.23. The molecule has 74 valence electrons. The summed E-state index contributed by atoms with van der Waals surface area (Å²) in [6, 6.07) is 0. The van der Waals surface area contributed by atoms with E-state index in [4.69, 9.17) is 4.74 Å². The predicted molar refractivity (Wildman–Crippen MR) is 44.1 cm³/mol. The van der Waals surface area contributed by atoms with E-state index in [2.05, 4.69) is 21.1 Å². The molecule has 0 saturated carbocycles. The van der Waals surface area contributed by atoms with Crippen LogP contribution in [0.25, 0.3) is 0 Å². The number of halogens is 1. The number of carbonyl (C=O) groups excluding carboxylic acids is 1. The van der Waals surface area contributed by atoms with Crippen molar-refractivity contribution in [1.82, 2.24) is 0 Å². The quantitative estimate of drug-likeness (QED) is 0.285. The molecule has 0 atom stereocenters. The van der Waals surface area contributed by atoms with Crippen LogP contribution < -0.4 is 12.4 Å². The van der Waals surface area contributed by atoms with Crippen molar-refractivity contribution in [2.45, 2.75) is 13.3 Å². The summed E-state index contributed by atoms with van der Waals surface area (Å²) in [6.45, 7) is 3.02. The Balaban J connectivity index is 0. The Kier molecular flexibility index (Phi) is 7.44. The number of rotatable bonds is 4. The summed E-state index contributed by atoms with van der Waals surface area (Å²) in [5.74, 6) is -0.189. The average molecular weight is 196 g/mol. The van der Waals surface area contributed by atoms with Crippen LogP contribution in [-0.4, -0.2) is 44.7 Å². The van der Waals surface area contributed by atoms with Crippen LogP contribution in [-0.2, 0) is 9.53 Å². The zero-order chi connectivity index (χ0) is 8.91. The zero-order valence-corrected chi connectivity index (χ0v) is 9.02. The summed E-state index contributed by atoms with van der Waals surface area (Å²) in [7, 11) is 6.36. The van der Waals surface area contributed by atoms with Gasteiger partial charge < -0.3 is 21.6 Å². The normalized spacial score (nSPS) is 10.3. The van der Waals surface area contributed by atoms with E-state index in [0.717, 1.165) is 17.4 Å². The van der Waals surface area contributed by atoms with E-state index in [1.165, 1.54) is 6.92 Å². The fourth-order valence-corrected chi connectivity index (χ4v) is 0.755. The monoisotopic (exact) mass is 195 g/mol. The fourth-order valence-electron chi connectivity index (χ4n) is 0.755. The van der Waals surface area contributed by atoms with Crippen molar-refractivity contribution >= 4 is 5.97 Å². The van der Waals surface area contributed by atoms with Gasteiger partial charge >= 0.3 is 5.97 Å². The Morgan fingerprint density at radius 1 is 1.33 bits per heavy atom. The second kappa shape index (κ2) is 6.26. The van der Waals surface area contributed by atoms with E-state index in [0.29, 0.717) is 6.61 Å². The molecule has 0 aromatic carbocycles. The lowest BCUT2D eigenvalue weighted by molar-refractivity contribution is -0.870. The highest BCUT2D eigenvalue weighted by Gasteiger charge is 2.05. The van der Waals surface area contributed by atoms with Crippen LogP contribution in [0, 0.1) is 0 Å². The van der Waals surface area contributed by atoms with E-state index in [1.54, 1.807) is 0 Å². The lowest BCUT2D eigenvalue weighted by Crippen LogP contribution is -3.00. The van der Waals surface area contributed by atoms with Gasteiger partial charge in [0.2, 0.25) is 0 Å². The summed E-state index contributed by atoms with van der Waals surface area (Å²) < 4.78 is 5.71. The molecule has 0 N–H and O–H groups in total. The first-order chi connectivity index (χ1) is 4.92. The lowest BCUT2D eigenvalue weighted by atomic mass is 10.4. The first-order valence-electron chi connectivity index (χ1n) is 3.85. The van der Waals surface area contributed by atoms with Crippen LogP contribution in [0.5, 0.6) is 0 Å². The van der Waals surface area contributed by atoms with Crippen molar-refractivity contribution in [3.8, 4) is 0 Å². The Labute approximate surface area is 80.7 Å². The number of hydrogen-bond acceptors (Lipinski definition) is 2. The van der Waals surface area contributed by atoms with Crippen molar-refractivity contribution in [2.75, 3.05) is 34.3 Å². The second-order valence-electron chi connectivity index (χ2n) is 3.71. The minimum Gasteiger partial charge on any atom is -1.00 e. The van der Waals surface area contributed by atoms with Crippen LogP contribution in [0.3, 0.4) is 0 Å². The van der Waals surface area contributed by atoms with Gasteiger partial charge in [0.15, 0.2) is 0 Å². The van der Waals surface area contributed by atoms with Gasteiger partial charge in [-0.2, -0.15) is 0 Å². The highest BCUT2D eigenvalue weighted by atomic mass is 35.5. The molecule has 0 rings (SSSR count). The van der Waals surface area contributed by atoms with Crippen molar-refractivity contribution < 1.29 is 26.4 Å². The number of carbonyl (C=O) groups is 1. The standard InChI is InChI=1S/C8H18NO2.ClH/c1-8(10)11-7-5-6-9(2,3)4;/h5-7H2,1-4H3;1H/q+1;/p-1. The fraction of sp³-hybridized carbons (Fsp3) is 0.875. The predicted octanol–water partition coefficient (Wildman–Crippen LogP) is -2.35. The number of nitrogens with zero attached hydrogens (tertiary/aromatic N) is 1. The van der Waals surface area contributed by atoms with Gasteiger partial charge in [0, 0.05) is 13.3 Å². The van der Waals surface area contributed by atoms with Gasteiger partial charge in [0.1, 0.15) is 0 Å². The Morgan fingerprint density at radius 2 is 1.83 bits per heavy atom. The number of hydrogen-bond donors (Lipinski definition) is 0. The van der Waals surface area contributed by atoms with Gasteiger partial charge in [-0.1, -0.05) is 0 Å². The summed E-state index contributed by atoms with van der Waals surface area (Å²) in [5.41, 5.74) is 0. The topological polar surface area (TPSA) is 26.3 Å². The largest absolute Gasteiger partial charge is 1.00 e. The molecule has 0 aromatic heterocycles. The maximum Gasteiger partial charge on any atom is 0.302 e. The molecule has 3 nitrogen and oxygen atoms in total. The Morgan fingerprint density at radius 3 is 2.17 bits per heavy atom. The summed E-state index contributed by atoms with van der Waals surface area (Å²) in [4.78, 5) is 10.3. The molecule has 0 aromatic rings. The summed E-state index contributed by atoms with van der Waals surface area (Å²) in [6.07, 6.45) is 0.934. The van der Waals surface area contributed by atoms with Gasteiger partial charge in [0.25, 0.3) is 0 Å². The maximum atomic E-state index is 10.3. The third-order valence-corrected chi connectivity index (χ3v) is 1.28. The summed E-state index contributed by atoms with van der Waals surface area (Å²) >= 11 is 0. The molecule has 12 heavy (non-hydrogen) atoms. The van der Waals surface area contributed by atoms with Crippen molar-refractivity contribution in [3.05, 3.63) is 0 Å². The molecule has 4 heteroatoms. The first-order valence-corrected chi connectivity index (χ1v) is 3.85. The van der Waals surface area contributed by atoms with Gasteiger partial charge in [-0.3, -0.25) is 4.79 Å². The molecular formula is C8H18ClNO2. The molecular weight excluding hydrogens is 178 g/mol. The molecule has 0 aliphatic rings. The van der Waals surface area contributed by atoms with Crippen molar-refractivity contribution in [3.63, 3.8) is 0 Å². The van der Waals surface area contributed by atoms with E-state index in [9.17, 15) is 4.79 Å². The molecule has 0 spiro atoms. The molecule has 0 aliphatic carbocycles. The smallest absolute Gasteiger partial charge is 0.302 e. The van der Waals surface area contributed by atoms with Gasteiger partial charge in [-0.15, -0.1) is 0 Å². The molecule has 0 fully saturated rings. The van der Waals surface area contributed by atoms with Gasteiger partial charge in [-0.25, -0.2) is 0 Å². The molecule has 0 saturated heterocycles. The van der Waals surface area contributed by atoms with Crippen LogP contribution in [0.4, 0.5) is 0 Å². The van der Waals surface area contributed by atoms with E-state index in [-0.39, 0.29) is 18.4 Å². The Hall–Kier alpha value is -0.280. The number of esters is 1. The van der Waals surface area contributed by atoms with E-state index in [1.807, 2.05) is 0 Å². The minimum atomic E-state index is -0.189. The molecule has 0 aliphatic heterocycles. The van der Waals surface area contributed by atoms with Gasteiger partial charge in [0.05, 0.1) is 34.3 Å². The van der Waals surface area contributed by atoms with Crippen molar-refractivity contribution in [2.24, 2.45) is 0 Å². The Bertz CT molecular complexity index is 132. The highest BCUT2D eigenvalue weighted by molar-refractivity contribution is 5.65. The SMILES string of the molecule is CC(=O)OCCC[N+](C)(C)C.[Cl-]. The number of quaternary nitrogens is 1. The summed E-state index contributed by atoms with van der Waals surface area (Å²) in [5, 5.41) is 0. The minimum absolute atomic E-state index is 0. The van der Waals surface area contributed by atoms with Crippen LogP contribution in [0.1, 0.15) is 13.3 Å². The molecule has 0 bridgehead atoms. The average Bonchev–Trinajstić information content (AvgIpc) is 1.78. The third kappa shape index (κ3) is 12.4. The van der Waals surface area contributed by atoms with Crippen LogP contribution in [0.15, 0.2) is 0 Å². The highest BCUT2D eigenvalue weighted by Crippen LogP contribution is 1.93. The second-order valence-corrected chi connectivity index (χ2v) is 3.71. The molecule has 0 amide bonds. The van der Waals surface area contributed by atoms with Crippen LogP contribution in [0.2, 0.25) is 0 Å². The third-order valence-electron chi connectivity index (χ3n) is 1.28. The first kappa shape index (κ1) is 14.3. The van der Waals surface area contributed by atoms with Crippen molar-refractivity contribution in [1.29, 1.82) is 0 Å².